The Balaban J connectivity index is 1.76. The Bertz CT molecular complexity index is 1060. The number of benzene rings is 2. The summed E-state index contributed by atoms with van der Waals surface area (Å²) in [5.41, 5.74) is 1.65. The molecule has 2 heterocycles. The summed E-state index contributed by atoms with van der Waals surface area (Å²) < 4.78 is 15.1. The fourth-order valence-corrected chi connectivity index (χ4v) is 3.95. The third kappa shape index (κ3) is 3.14. The number of para-hydroxylation sites is 1. The van der Waals surface area contributed by atoms with E-state index in [9.17, 15) is 14.0 Å². The maximum Gasteiger partial charge on any atom is 0.259 e. The summed E-state index contributed by atoms with van der Waals surface area (Å²) in [4.78, 5) is 28.0. The summed E-state index contributed by atoms with van der Waals surface area (Å²) in [5, 5.41) is 0.543. The molecule has 4 nitrogen and oxygen atoms in total. The van der Waals surface area contributed by atoms with Crippen LogP contribution in [0.4, 0.5) is 4.39 Å². The molecule has 0 saturated carbocycles. The Morgan fingerprint density at radius 2 is 1.81 bits per heavy atom. The van der Waals surface area contributed by atoms with Crippen LogP contribution in [0.2, 0.25) is 0 Å². The summed E-state index contributed by atoms with van der Waals surface area (Å²) in [7, 11) is 1.84. The molecule has 5 heteroatoms. The Morgan fingerprint density at radius 1 is 1.07 bits per heavy atom. The zero-order valence-corrected chi connectivity index (χ0v) is 15.2. The Kier molecular flexibility index (Phi) is 4.52. The van der Waals surface area contributed by atoms with E-state index in [0.29, 0.717) is 11.9 Å². The SMILES string of the molecule is Cn1cc(C(=O)N2CCCC[C@H]2c2ccc(F)cc2)c(=O)c2ccccc21. The molecule has 1 saturated heterocycles. The number of halogens is 1. The molecule has 0 spiro atoms. The van der Waals surface area contributed by atoms with E-state index >= 15 is 0 Å². The molecule has 27 heavy (non-hydrogen) atoms. The average Bonchev–Trinajstić information content (AvgIpc) is 2.71. The van der Waals surface area contributed by atoms with E-state index in [1.165, 1.54) is 12.1 Å². The highest BCUT2D eigenvalue weighted by atomic mass is 19.1. The summed E-state index contributed by atoms with van der Waals surface area (Å²) >= 11 is 0. The lowest BCUT2D eigenvalue weighted by Crippen LogP contribution is -2.40. The van der Waals surface area contributed by atoms with E-state index in [0.717, 1.165) is 30.3 Å². The van der Waals surface area contributed by atoms with Gasteiger partial charge in [-0.25, -0.2) is 4.39 Å². The number of carbonyl (C=O) groups is 1. The fraction of sp³-hybridized carbons (Fsp3) is 0.273. The molecule has 0 N–H and O–H groups in total. The third-order valence-corrected chi connectivity index (χ3v) is 5.34. The molecule has 1 fully saturated rings. The minimum absolute atomic E-state index is 0.136. The van der Waals surface area contributed by atoms with E-state index in [1.54, 1.807) is 35.4 Å². The van der Waals surface area contributed by atoms with Gasteiger partial charge in [0.1, 0.15) is 11.4 Å². The first-order valence-corrected chi connectivity index (χ1v) is 9.21. The second-order valence-corrected chi connectivity index (χ2v) is 7.06. The van der Waals surface area contributed by atoms with Gasteiger partial charge in [-0.2, -0.15) is 0 Å². The highest BCUT2D eigenvalue weighted by Crippen LogP contribution is 2.32. The number of hydrogen-bond donors (Lipinski definition) is 0. The number of amides is 1. The van der Waals surface area contributed by atoms with Crippen LogP contribution in [-0.2, 0) is 7.05 Å². The number of pyridine rings is 1. The van der Waals surface area contributed by atoms with E-state index in [-0.39, 0.29) is 28.8 Å². The predicted octanol–water partition coefficient (Wildman–Crippen LogP) is 4.05. The van der Waals surface area contributed by atoms with Crippen molar-refractivity contribution in [3.05, 3.63) is 81.9 Å². The van der Waals surface area contributed by atoms with Gasteiger partial charge < -0.3 is 9.47 Å². The second-order valence-electron chi connectivity index (χ2n) is 7.06. The number of aryl methyl sites for hydroxylation is 1. The number of nitrogens with zero attached hydrogens (tertiary/aromatic N) is 2. The van der Waals surface area contributed by atoms with E-state index in [1.807, 2.05) is 23.7 Å². The number of fused-ring (bicyclic) bond motifs is 1. The molecule has 1 aliphatic heterocycles. The lowest BCUT2D eigenvalue weighted by Gasteiger charge is -2.36. The van der Waals surface area contributed by atoms with Crippen LogP contribution in [0.1, 0.15) is 41.2 Å². The van der Waals surface area contributed by atoms with E-state index in [2.05, 4.69) is 0 Å². The zero-order valence-electron chi connectivity index (χ0n) is 15.2. The van der Waals surface area contributed by atoms with Crippen LogP contribution in [0.25, 0.3) is 10.9 Å². The summed E-state index contributed by atoms with van der Waals surface area (Å²) in [6, 6.07) is 13.5. The number of carbonyl (C=O) groups excluding carboxylic acids is 1. The van der Waals surface area contributed by atoms with Crippen LogP contribution in [0, 0.1) is 5.82 Å². The zero-order chi connectivity index (χ0) is 19.0. The molecule has 0 bridgehead atoms. The van der Waals surface area contributed by atoms with Gasteiger partial charge >= 0.3 is 0 Å². The molecule has 1 amide bonds. The maximum atomic E-state index is 13.3. The maximum absolute atomic E-state index is 13.3. The smallest absolute Gasteiger partial charge is 0.259 e. The first kappa shape index (κ1) is 17.5. The Morgan fingerprint density at radius 3 is 2.59 bits per heavy atom. The van der Waals surface area contributed by atoms with Crippen LogP contribution < -0.4 is 5.43 Å². The molecule has 138 valence electrons. The largest absolute Gasteiger partial charge is 0.350 e. The van der Waals surface area contributed by atoms with Crippen molar-refractivity contribution in [2.45, 2.75) is 25.3 Å². The first-order chi connectivity index (χ1) is 13.1. The van der Waals surface area contributed by atoms with Crippen molar-refractivity contribution < 1.29 is 9.18 Å². The minimum Gasteiger partial charge on any atom is -0.350 e. The molecular weight excluding hydrogens is 343 g/mol. The molecule has 3 aromatic rings. The van der Waals surface area contributed by atoms with Crippen molar-refractivity contribution in [2.75, 3.05) is 6.54 Å². The molecule has 4 rings (SSSR count). The van der Waals surface area contributed by atoms with Gasteiger partial charge in [0.25, 0.3) is 5.91 Å². The van der Waals surface area contributed by atoms with E-state index < -0.39 is 0 Å². The van der Waals surface area contributed by atoms with Gasteiger partial charge in [0.05, 0.1) is 11.6 Å². The molecule has 2 aromatic carbocycles. The molecule has 1 aliphatic rings. The van der Waals surface area contributed by atoms with Crippen LogP contribution in [-0.4, -0.2) is 21.9 Å². The topological polar surface area (TPSA) is 42.3 Å². The molecule has 1 atom stereocenters. The molecule has 0 aliphatic carbocycles. The Hall–Kier alpha value is -2.95. The monoisotopic (exact) mass is 364 g/mol. The van der Waals surface area contributed by atoms with Crippen molar-refractivity contribution in [2.24, 2.45) is 7.05 Å². The van der Waals surface area contributed by atoms with Crippen molar-refractivity contribution in [1.29, 1.82) is 0 Å². The van der Waals surface area contributed by atoms with Crippen molar-refractivity contribution >= 4 is 16.8 Å². The van der Waals surface area contributed by atoms with Crippen molar-refractivity contribution in [3.8, 4) is 0 Å². The quantitative estimate of drug-likeness (QED) is 0.689. The van der Waals surface area contributed by atoms with Crippen LogP contribution >= 0.6 is 0 Å². The lowest BCUT2D eigenvalue weighted by molar-refractivity contribution is 0.0609. The van der Waals surface area contributed by atoms with Gasteiger partial charge in [-0.05, 0) is 49.1 Å². The highest BCUT2D eigenvalue weighted by molar-refractivity contribution is 5.97. The van der Waals surface area contributed by atoms with Crippen LogP contribution in [0.3, 0.4) is 0 Å². The first-order valence-electron chi connectivity index (χ1n) is 9.21. The lowest BCUT2D eigenvalue weighted by atomic mass is 9.94. The number of aromatic nitrogens is 1. The molecule has 0 unspecified atom stereocenters. The summed E-state index contributed by atoms with van der Waals surface area (Å²) in [5.74, 6) is -0.550. The van der Waals surface area contributed by atoms with Crippen LogP contribution in [0.15, 0.2) is 59.5 Å². The standard InChI is InChI=1S/C22H21FN2O2/c1-24-14-18(21(26)17-6-2-3-8-20(17)24)22(27)25-13-5-4-7-19(25)15-9-11-16(23)12-10-15/h2-3,6,8-12,14,19H,4-5,7,13H2,1H3/t19-/m0/s1. The van der Waals surface area contributed by atoms with Crippen molar-refractivity contribution in [1.82, 2.24) is 9.47 Å². The number of rotatable bonds is 2. The average molecular weight is 364 g/mol. The number of likely N-dealkylation sites (tertiary alicyclic amines) is 1. The minimum atomic E-state index is -0.296. The second kappa shape index (κ2) is 6.99. The number of hydrogen-bond acceptors (Lipinski definition) is 2. The van der Waals surface area contributed by atoms with Gasteiger partial charge in [0.15, 0.2) is 0 Å². The van der Waals surface area contributed by atoms with Crippen LogP contribution in [0.5, 0.6) is 0 Å². The normalized spacial score (nSPS) is 17.3. The molecule has 1 aromatic heterocycles. The molecular formula is C22H21FN2O2. The predicted molar refractivity (Wildman–Crippen MR) is 103 cm³/mol. The van der Waals surface area contributed by atoms with Gasteiger partial charge in [0.2, 0.25) is 5.43 Å². The van der Waals surface area contributed by atoms with Gasteiger partial charge in [-0.3, -0.25) is 9.59 Å². The Labute approximate surface area is 156 Å². The highest BCUT2D eigenvalue weighted by Gasteiger charge is 2.30. The van der Waals surface area contributed by atoms with Gasteiger partial charge in [-0.15, -0.1) is 0 Å². The van der Waals surface area contributed by atoms with E-state index in [4.69, 9.17) is 0 Å². The third-order valence-electron chi connectivity index (χ3n) is 5.34. The van der Waals surface area contributed by atoms with Crippen molar-refractivity contribution in [3.63, 3.8) is 0 Å². The fourth-order valence-electron chi connectivity index (χ4n) is 3.95. The van der Waals surface area contributed by atoms with Gasteiger partial charge in [-0.1, -0.05) is 24.3 Å². The number of piperidine rings is 1. The molecule has 0 radical (unpaired) electrons. The van der Waals surface area contributed by atoms with Gasteiger partial charge in [0, 0.05) is 25.2 Å². The summed E-state index contributed by atoms with van der Waals surface area (Å²) in [6.07, 6.45) is 4.34. The summed E-state index contributed by atoms with van der Waals surface area (Å²) in [6.45, 7) is 0.594.